The average molecular weight is 266 g/mol. The Balaban J connectivity index is 2.92. The number of carbonyl (C=O) groups is 2. The molecule has 1 aromatic rings. The molecular formula is C12H14N2O5. The van der Waals surface area contributed by atoms with Gasteiger partial charge in [-0.25, -0.2) is 0 Å². The quantitative estimate of drug-likeness (QED) is 0.475. The van der Waals surface area contributed by atoms with E-state index in [1.807, 2.05) is 0 Å². The lowest BCUT2D eigenvalue weighted by atomic mass is 10.1. The number of hydrogen-bond acceptors (Lipinski definition) is 5. The number of benzene rings is 1. The van der Waals surface area contributed by atoms with E-state index in [2.05, 4.69) is 5.32 Å². The molecule has 1 aromatic carbocycles. The maximum Gasteiger partial charge on any atom is 0.280 e. The van der Waals surface area contributed by atoms with Gasteiger partial charge < -0.3 is 10.1 Å². The van der Waals surface area contributed by atoms with Gasteiger partial charge in [0, 0.05) is 26.0 Å². The molecule has 0 atom stereocenters. The third kappa shape index (κ3) is 4.06. The number of ketones is 1. The number of methoxy groups -OCH3 is 1. The Labute approximate surface area is 109 Å². The lowest BCUT2D eigenvalue weighted by Gasteiger charge is -2.05. The standard InChI is InChI=1S/C12H14N2O5/c1-8(15)13-6-5-12(16)10-7-9(19-2)3-4-11(10)14(17)18/h3-4,7H,5-6H2,1-2H3,(H,13,15). The van der Waals surface area contributed by atoms with Gasteiger partial charge in [0.15, 0.2) is 5.78 Å². The van der Waals surface area contributed by atoms with E-state index in [0.29, 0.717) is 5.75 Å². The molecule has 0 aromatic heterocycles. The SMILES string of the molecule is COc1ccc([N+](=O)[O-])c(C(=O)CCNC(C)=O)c1. The van der Waals surface area contributed by atoms with Gasteiger partial charge in [0.05, 0.1) is 17.6 Å². The summed E-state index contributed by atoms with van der Waals surface area (Å²) in [5.41, 5.74) is -0.289. The fourth-order valence-electron chi connectivity index (χ4n) is 1.51. The molecule has 7 heteroatoms. The third-order valence-electron chi connectivity index (χ3n) is 2.43. The van der Waals surface area contributed by atoms with Crippen LogP contribution in [-0.2, 0) is 4.79 Å². The first-order chi connectivity index (χ1) is 8.95. The molecule has 0 aliphatic rings. The highest BCUT2D eigenvalue weighted by molar-refractivity contribution is 6.00. The van der Waals surface area contributed by atoms with Crippen molar-refractivity contribution >= 4 is 17.4 Å². The van der Waals surface area contributed by atoms with Crippen molar-refractivity contribution in [2.75, 3.05) is 13.7 Å². The minimum atomic E-state index is -0.620. The summed E-state index contributed by atoms with van der Waals surface area (Å²) in [6, 6.07) is 3.97. The Morgan fingerprint density at radius 3 is 2.63 bits per heavy atom. The number of nitro groups is 1. The summed E-state index contributed by atoms with van der Waals surface area (Å²) in [4.78, 5) is 32.8. The van der Waals surface area contributed by atoms with E-state index in [1.54, 1.807) is 0 Å². The van der Waals surface area contributed by atoms with E-state index in [1.165, 1.54) is 32.2 Å². The molecule has 0 aliphatic carbocycles. The zero-order valence-electron chi connectivity index (χ0n) is 10.6. The first-order valence-corrected chi connectivity index (χ1v) is 5.55. The molecule has 1 amide bonds. The number of hydrogen-bond donors (Lipinski definition) is 1. The number of nitro benzene ring substituents is 1. The average Bonchev–Trinajstić information content (AvgIpc) is 2.37. The molecule has 0 aliphatic heterocycles. The van der Waals surface area contributed by atoms with Gasteiger partial charge in [-0.3, -0.25) is 19.7 Å². The number of ether oxygens (including phenoxy) is 1. The zero-order chi connectivity index (χ0) is 14.4. The van der Waals surface area contributed by atoms with E-state index in [9.17, 15) is 19.7 Å². The van der Waals surface area contributed by atoms with Crippen LogP contribution in [0, 0.1) is 10.1 Å². The Hall–Kier alpha value is -2.44. The molecule has 1 N–H and O–H groups in total. The van der Waals surface area contributed by atoms with Crippen LogP contribution < -0.4 is 10.1 Å². The summed E-state index contributed by atoms with van der Waals surface area (Å²) in [5, 5.41) is 13.3. The second-order valence-electron chi connectivity index (χ2n) is 3.80. The van der Waals surface area contributed by atoms with Gasteiger partial charge in [0.2, 0.25) is 5.91 Å². The van der Waals surface area contributed by atoms with Crippen LogP contribution in [0.4, 0.5) is 5.69 Å². The topological polar surface area (TPSA) is 98.5 Å². The zero-order valence-corrected chi connectivity index (χ0v) is 10.6. The molecule has 0 saturated carbocycles. The van der Waals surface area contributed by atoms with E-state index in [4.69, 9.17) is 4.74 Å². The molecule has 0 heterocycles. The number of nitrogens with zero attached hydrogens (tertiary/aromatic N) is 1. The molecule has 0 spiro atoms. The highest BCUT2D eigenvalue weighted by Gasteiger charge is 2.20. The van der Waals surface area contributed by atoms with Crippen LogP contribution in [0.1, 0.15) is 23.7 Å². The van der Waals surface area contributed by atoms with Crippen molar-refractivity contribution in [3.63, 3.8) is 0 Å². The third-order valence-corrected chi connectivity index (χ3v) is 2.43. The van der Waals surface area contributed by atoms with Crippen molar-refractivity contribution in [2.45, 2.75) is 13.3 Å². The monoisotopic (exact) mass is 266 g/mol. The molecule has 0 unspecified atom stereocenters. The number of amides is 1. The summed E-state index contributed by atoms with van der Waals surface area (Å²) in [6.07, 6.45) is -0.00636. The van der Waals surface area contributed by atoms with Gasteiger partial charge in [-0.05, 0) is 12.1 Å². The molecule has 0 fully saturated rings. The van der Waals surface area contributed by atoms with E-state index < -0.39 is 10.7 Å². The summed E-state index contributed by atoms with van der Waals surface area (Å²) in [7, 11) is 1.41. The summed E-state index contributed by atoms with van der Waals surface area (Å²) >= 11 is 0. The van der Waals surface area contributed by atoms with Crippen molar-refractivity contribution in [1.29, 1.82) is 0 Å². The molecule has 0 bridgehead atoms. The van der Waals surface area contributed by atoms with Gasteiger partial charge in [-0.1, -0.05) is 0 Å². The molecule has 0 saturated heterocycles. The van der Waals surface area contributed by atoms with Crippen LogP contribution in [0.25, 0.3) is 0 Å². The lowest BCUT2D eigenvalue weighted by Crippen LogP contribution is -2.23. The van der Waals surface area contributed by atoms with Gasteiger partial charge in [0.1, 0.15) is 5.75 Å². The van der Waals surface area contributed by atoms with Crippen molar-refractivity contribution in [3.05, 3.63) is 33.9 Å². The Bertz CT molecular complexity index is 513. The predicted octanol–water partition coefficient (Wildman–Crippen LogP) is 1.31. The first-order valence-electron chi connectivity index (χ1n) is 5.55. The van der Waals surface area contributed by atoms with Gasteiger partial charge in [0.25, 0.3) is 5.69 Å². The fourth-order valence-corrected chi connectivity index (χ4v) is 1.51. The number of nitrogens with one attached hydrogen (secondary N) is 1. The number of rotatable bonds is 6. The van der Waals surface area contributed by atoms with Crippen molar-refractivity contribution in [2.24, 2.45) is 0 Å². The Morgan fingerprint density at radius 2 is 2.11 bits per heavy atom. The summed E-state index contributed by atoms with van der Waals surface area (Å²) in [6.45, 7) is 1.47. The largest absolute Gasteiger partial charge is 0.497 e. The predicted molar refractivity (Wildman–Crippen MR) is 67.3 cm³/mol. The van der Waals surface area contributed by atoms with Crippen molar-refractivity contribution in [3.8, 4) is 5.75 Å². The highest BCUT2D eigenvalue weighted by atomic mass is 16.6. The van der Waals surface area contributed by atoms with Gasteiger partial charge >= 0.3 is 0 Å². The Morgan fingerprint density at radius 1 is 1.42 bits per heavy atom. The van der Waals surface area contributed by atoms with Crippen molar-refractivity contribution in [1.82, 2.24) is 5.32 Å². The summed E-state index contributed by atoms with van der Waals surface area (Å²) in [5.74, 6) is -0.305. The van der Waals surface area contributed by atoms with Crippen LogP contribution in [0.5, 0.6) is 5.75 Å². The molecule has 19 heavy (non-hydrogen) atoms. The fraction of sp³-hybridized carbons (Fsp3) is 0.333. The normalized spacial score (nSPS) is 9.79. The maximum atomic E-state index is 11.9. The van der Waals surface area contributed by atoms with E-state index in [0.717, 1.165) is 0 Å². The van der Waals surface area contributed by atoms with Gasteiger partial charge in [-0.2, -0.15) is 0 Å². The second-order valence-corrected chi connectivity index (χ2v) is 3.80. The van der Waals surface area contributed by atoms with Crippen LogP contribution in [0.15, 0.2) is 18.2 Å². The minimum absolute atomic E-state index is 0.00636. The van der Waals surface area contributed by atoms with Crippen molar-refractivity contribution < 1.29 is 19.2 Å². The molecule has 7 nitrogen and oxygen atoms in total. The minimum Gasteiger partial charge on any atom is -0.497 e. The van der Waals surface area contributed by atoms with E-state index >= 15 is 0 Å². The van der Waals surface area contributed by atoms with Gasteiger partial charge in [-0.15, -0.1) is 0 Å². The smallest absolute Gasteiger partial charge is 0.280 e. The van der Waals surface area contributed by atoms with Crippen LogP contribution >= 0.6 is 0 Å². The first kappa shape index (κ1) is 14.6. The van der Waals surface area contributed by atoms with E-state index in [-0.39, 0.29) is 30.1 Å². The highest BCUT2D eigenvalue weighted by Crippen LogP contribution is 2.25. The molecule has 1 rings (SSSR count). The molecular weight excluding hydrogens is 252 g/mol. The molecule has 102 valence electrons. The number of Topliss-reactive ketones (excluding diaryl/α,β-unsaturated/α-hetero) is 1. The number of carbonyl (C=O) groups excluding carboxylic acids is 2. The summed E-state index contributed by atoms with van der Waals surface area (Å²) < 4.78 is 4.94. The lowest BCUT2D eigenvalue weighted by molar-refractivity contribution is -0.385. The molecule has 0 radical (unpaired) electrons. The van der Waals surface area contributed by atoms with Crippen LogP contribution in [0.2, 0.25) is 0 Å². The van der Waals surface area contributed by atoms with Crippen LogP contribution in [-0.4, -0.2) is 30.3 Å². The maximum absolute atomic E-state index is 11.9. The second kappa shape index (κ2) is 6.48. The Kier molecular flexibility index (Phi) is 4.99. The van der Waals surface area contributed by atoms with Crippen LogP contribution in [0.3, 0.4) is 0 Å².